The molecule has 1 amide bonds. The van der Waals surface area contributed by atoms with Gasteiger partial charge in [0.25, 0.3) is 5.91 Å². The molecule has 1 N–H and O–H groups in total. The maximum atomic E-state index is 13.1. The van der Waals surface area contributed by atoms with Gasteiger partial charge in [-0.25, -0.2) is 9.97 Å². The zero-order valence-corrected chi connectivity index (χ0v) is 17.6. The Morgan fingerprint density at radius 2 is 1.87 bits per heavy atom. The molecule has 3 aromatic rings. The van der Waals surface area contributed by atoms with E-state index < -0.39 is 5.60 Å². The van der Waals surface area contributed by atoms with E-state index in [1.807, 2.05) is 47.6 Å². The molecule has 0 atom stereocenters. The predicted octanol–water partition coefficient (Wildman–Crippen LogP) is 2.99. The number of carbonyl (C=O) groups excluding carboxylic acids is 1. The lowest BCUT2D eigenvalue weighted by Crippen LogP contribution is -2.47. The average Bonchev–Trinajstić information content (AvgIpc) is 3.23. The van der Waals surface area contributed by atoms with Gasteiger partial charge in [0.1, 0.15) is 5.52 Å². The number of hydrogen-bond donors (Lipinski definition) is 1. The number of pyridine rings is 1. The number of likely N-dealkylation sites (tertiary alicyclic amines) is 1. The molecule has 4 heterocycles. The van der Waals surface area contributed by atoms with Crippen LogP contribution in [-0.2, 0) is 11.2 Å². The number of aliphatic hydroxyl groups is 1. The number of imidazole rings is 1. The molecular formula is C24H28N4O3. The van der Waals surface area contributed by atoms with E-state index in [4.69, 9.17) is 4.74 Å². The second-order valence-corrected chi connectivity index (χ2v) is 8.74. The highest BCUT2D eigenvalue weighted by molar-refractivity contribution is 5.96. The van der Waals surface area contributed by atoms with Crippen molar-refractivity contribution in [2.45, 2.75) is 43.7 Å². The van der Waals surface area contributed by atoms with Crippen LogP contribution < -0.4 is 0 Å². The molecule has 0 aliphatic carbocycles. The van der Waals surface area contributed by atoms with E-state index in [9.17, 15) is 9.90 Å². The molecule has 0 saturated carbocycles. The summed E-state index contributed by atoms with van der Waals surface area (Å²) in [5.74, 6) is -0.0447. The van der Waals surface area contributed by atoms with Crippen LogP contribution in [0.3, 0.4) is 0 Å². The quantitative estimate of drug-likeness (QED) is 0.702. The number of rotatable bonds is 4. The molecule has 31 heavy (non-hydrogen) atoms. The summed E-state index contributed by atoms with van der Waals surface area (Å²) in [4.78, 5) is 24.0. The van der Waals surface area contributed by atoms with Crippen molar-refractivity contribution in [1.82, 2.24) is 19.4 Å². The molecule has 162 valence electrons. The minimum Gasteiger partial charge on any atom is -0.389 e. The molecule has 7 nitrogen and oxygen atoms in total. The van der Waals surface area contributed by atoms with Gasteiger partial charge >= 0.3 is 0 Å². The van der Waals surface area contributed by atoms with Crippen molar-refractivity contribution in [2.75, 3.05) is 26.3 Å². The van der Waals surface area contributed by atoms with E-state index in [2.05, 4.69) is 14.5 Å². The summed E-state index contributed by atoms with van der Waals surface area (Å²) >= 11 is 0. The zero-order valence-electron chi connectivity index (χ0n) is 17.6. The molecule has 1 aromatic carbocycles. The zero-order chi connectivity index (χ0) is 21.3. The number of piperidine rings is 1. The van der Waals surface area contributed by atoms with E-state index in [1.54, 1.807) is 6.20 Å². The van der Waals surface area contributed by atoms with Crippen LogP contribution in [0.4, 0.5) is 0 Å². The average molecular weight is 421 g/mol. The van der Waals surface area contributed by atoms with E-state index >= 15 is 0 Å². The van der Waals surface area contributed by atoms with E-state index in [-0.39, 0.29) is 5.91 Å². The normalized spacial score (nSPS) is 19.6. The third-order valence-electron chi connectivity index (χ3n) is 6.60. The van der Waals surface area contributed by atoms with Crippen molar-refractivity contribution in [3.63, 3.8) is 0 Å². The predicted molar refractivity (Wildman–Crippen MR) is 117 cm³/mol. The minimum atomic E-state index is -0.761. The standard InChI is InChI=1S/C24H28N4O3/c29-23(27-10-8-24(30,9-11-27)15-18-4-2-1-3-5-18)19-14-21-22(25-16-19)28(17-26-21)20-6-12-31-13-7-20/h1-5,14,16-17,20,30H,6-13,15H2. The highest BCUT2D eigenvalue weighted by Gasteiger charge is 2.34. The molecule has 2 aliphatic heterocycles. The maximum Gasteiger partial charge on any atom is 0.255 e. The minimum absolute atomic E-state index is 0.0447. The summed E-state index contributed by atoms with van der Waals surface area (Å²) in [5.41, 5.74) is 2.48. The Hall–Kier alpha value is -2.77. The Balaban J connectivity index is 1.26. The first-order valence-corrected chi connectivity index (χ1v) is 11.1. The molecule has 0 spiro atoms. The van der Waals surface area contributed by atoms with Gasteiger partial charge in [-0.3, -0.25) is 4.79 Å². The van der Waals surface area contributed by atoms with Gasteiger partial charge in [0.05, 0.1) is 17.5 Å². The first-order chi connectivity index (χ1) is 15.1. The number of aromatic nitrogens is 3. The van der Waals surface area contributed by atoms with Crippen LogP contribution in [0.1, 0.15) is 47.6 Å². The van der Waals surface area contributed by atoms with Gasteiger partial charge in [0.2, 0.25) is 0 Å². The monoisotopic (exact) mass is 420 g/mol. The van der Waals surface area contributed by atoms with Crippen molar-refractivity contribution in [1.29, 1.82) is 0 Å². The molecule has 2 aliphatic rings. The van der Waals surface area contributed by atoms with Crippen molar-refractivity contribution >= 4 is 17.1 Å². The smallest absolute Gasteiger partial charge is 0.255 e. The fourth-order valence-corrected chi connectivity index (χ4v) is 4.73. The molecule has 2 fully saturated rings. The Kier molecular flexibility index (Phi) is 5.46. The molecule has 2 saturated heterocycles. The first kappa shape index (κ1) is 20.2. The second-order valence-electron chi connectivity index (χ2n) is 8.74. The fourth-order valence-electron chi connectivity index (χ4n) is 4.73. The third-order valence-corrected chi connectivity index (χ3v) is 6.60. The Labute approximate surface area is 181 Å². The topological polar surface area (TPSA) is 80.5 Å². The Morgan fingerprint density at radius 3 is 2.61 bits per heavy atom. The summed E-state index contributed by atoms with van der Waals surface area (Å²) in [5, 5.41) is 11.0. The van der Waals surface area contributed by atoms with Crippen LogP contribution >= 0.6 is 0 Å². The second kappa shape index (κ2) is 8.40. The Morgan fingerprint density at radius 1 is 1.13 bits per heavy atom. The van der Waals surface area contributed by atoms with Crippen LogP contribution in [0.25, 0.3) is 11.2 Å². The lowest BCUT2D eigenvalue weighted by molar-refractivity contribution is -0.0162. The van der Waals surface area contributed by atoms with Crippen LogP contribution in [-0.4, -0.2) is 62.4 Å². The molecule has 2 aromatic heterocycles. The van der Waals surface area contributed by atoms with E-state index in [0.717, 1.165) is 42.8 Å². The summed E-state index contributed by atoms with van der Waals surface area (Å²) in [6, 6.07) is 12.2. The summed E-state index contributed by atoms with van der Waals surface area (Å²) in [6.07, 6.45) is 7.15. The van der Waals surface area contributed by atoms with Gasteiger partial charge in [0, 0.05) is 45.0 Å². The van der Waals surface area contributed by atoms with Gasteiger partial charge in [0.15, 0.2) is 5.65 Å². The molecular weight excluding hydrogens is 392 g/mol. The first-order valence-electron chi connectivity index (χ1n) is 11.1. The van der Waals surface area contributed by atoms with Crippen molar-refractivity contribution in [3.8, 4) is 0 Å². The van der Waals surface area contributed by atoms with E-state index in [0.29, 0.717) is 44.0 Å². The van der Waals surface area contributed by atoms with Gasteiger partial charge < -0.3 is 19.3 Å². The van der Waals surface area contributed by atoms with Crippen LogP contribution in [0.15, 0.2) is 48.9 Å². The van der Waals surface area contributed by atoms with E-state index in [1.165, 1.54) is 0 Å². The number of ether oxygens (including phenoxy) is 1. The summed E-state index contributed by atoms with van der Waals surface area (Å²) < 4.78 is 7.56. The number of benzene rings is 1. The van der Waals surface area contributed by atoms with Crippen LogP contribution in [0.2, 0.25) is 0 Å². The molecule has 0 bridgehead atoms. The van der Waals surface area contributed by atoms with Crippen LogP contribution in [0.5, 0.6) is 0 Å². The lowest BCUT2D eigenvalue weighted by atomic mass is 9.85. The van der Waals surface area contributed by atoms with Crippen molar-refractivity contribution in [2.24, 2.45) is 0 Å². The number of nitrogens with zero attached hydrogens (tertiary/aromatic N) is 4. The van der Waals surface area contributed by atoms with Gasteiger partial charge in [-0.1, -0.05) is 30.3 Å². The number of hydrogen-bond acceptors (Lipinski definition) is 5. The van der Waals surface area contributed by atoms with Gasteiger partial charge in [-0.2, -0.15) is 0 Å². The van der Waals surface area contributed by atoms with Gasteiger partial charge in [-0.05, 0) is 37.3 Å². The number of amides is 1. The molecule has 0 unspecified atom stereocenters. The SMILES string of the molecule is O=C(c1cnc2c(c1)ncn2C1CCOCC1)N1CCC(O)(Cc2ccccc2)CC1. The lowest BCUT2D eigenvalue weighted by Gasteiger charge is -2.38. The van der Waals surface area contributed by atoms with Gasteiger partial charge in [-0.15, -0.1) is 0 Å². The van der Waals surface area contributed by atoms with Crippen molar-refractivity contribution < 1.29 is 14.6 Å². The highest BCUT2D eigenvalue weighted by atomic mass is 16.5. The molecule has 0 radical (unpaired) electrons. The third kappa shape index (κ3) is 4.20. The van der Waals surface area contributed by atoms with Crippen LogP contribution in [0, 0.1) is 0 Å². The largest absolute Gasteiger partial charge is 0.389 e. The number of carbonyl (C=O) groups is 1. The number of fused-ring (bicyclic) bond motifs is 1. The highest BCUT2D eigenvalue weighted by Crippen LogP contribution is 2.28. The summed E-state index contributed by atoms with van der Waals surface area (Å²) in [7, 11) is 0. The fraction of sp³-hybridized carbons (Fsp3) is 0.458. The molecule has 7 heteroatoms. The summed E-state index contributed by atoms with van der Waals surface area (Å²) in [6.45, 7) is 2.59. The maximum absolute atomic E-state index is 13.1. The Bertz CT molecular complexity index is 1050. The van der Waals surface area contributed by atoms with Crippen molar-refractivity contribution in [3.05, 3.63) is 60.0 Å². The molecule has 5 rings (SSSR count).